The molecule has 0 saturated carbocycles. The molecule has 0 aliphatic heterocycles. The molecule has 0 fully saturated rings. The van der Waals surface area contributed by atoms with Crippen LogP contribution in [-0.4, -0.2) is 12.2 Å². The summed E-state index contributed by atoms with van der Waals surface area (Å²) < 4.78 is 11.1. The van der Waals surface area contributed by atoms with Crippen LogP contribution in [0.5, 0.6) is 11.5 Å². The Morgan fingerprint density at radius 3 is 2.57 bits per heavy atom. The van der Waals surface area contributed by atoms with Crippen LogP contribution < -0.4 is 9.47 Å². The molecule has 3 heteroatoms. The van der Waals surface area contributed by atoms with E-state index >= 15 is 0 Å². The molecule has 0 heterocycles. The molecular formula is C18H18O3. The van der Waals surface area contributed by atoms with Crippen molar-refractivity contribution in [3.05, 3.63) is 59.7 Å². The summed E-state index contributed by atoms with van der Waals surface area (Å²) in [7, 11) is 1.59. The first-order valence-electron chi connectivity index (χ1n) is 6.70. The van der Waals surface area contributed by atoms with Crippen LogP contribution >= 0.6 is 0 Å². The molecule has 21 heavy (non-hydrogen) atoms. The number of benzene rings is 2. The first-order chi connectivity index (χ1) is 10.2. The Hall–Kier alpha value is -2.44. The second kappa shape index (κ2) is 7.37. The van der Waals surface area contributed by atoms with Crippen LogP contribution in [0.15, 0.2) is 48.5 Å². The van der Waals surface area contributed by atoms with Crippen LogP contribution in [0.25, 0.3) is 0 Å². The normalized spacial score (nSPS) is 11.5. The summed E-state index contributed by atoms with van der Waals surface area (Å²) in [5.74, 6) is 3.67. The maximum absolute atomic E-state index is 9.95. The number of hydrogen-bond acceptors (Lipinski definition) is 3. The van der Waals surface area contributed by atoms with Gasteiger partial charge in [0.2, 0.25) is 0 Å². The van der Waals surface area contributed by atoms with Crippen LogP contribution in [0.3, 0.4) is 0 Å². The topological polar surface area (TPSA) is 38.7 Å². The summed E-state index contributed by atoms with van der Waals surface area (Å²) in [6.45, 7) is 0.436. The number of ether oxygens (including phenoxy) is 2. The summed E-state index contributed by atoms with van der Waals surface area (Å²) in [5, 5.41) is 9.95. The van der Waals surface area contributed by atoms with Crippen LogP contribution in [0.2, 0.25) is 0 Å². The van der Waals surface area contributed by atoms with E-state index in [-0.39, 0.29) is 6.42 Å². The van der Waals surface area contributed by atoms with Crippen molar-refractivity contribution in [3.8, 4) is 23.8 Å². The fourth-order valence-corrected chi connectivity index (χ4v) is 1.98. The molecule has 0 aliphatic carbocycles. The second-order valence-corrected chi connectivity index (χ2v) is 4.61. The van der Waals surface area contributed by atoms with E-state index in [2.05, 4.69) is 5.92 Å². The highest BCUT2D eigenvalue weighted by molar-refractivity contribution is 5.44. The van der Waals surface area contributed by atoms with E-state index in [1.54, 1.807) is 25.3 Å². The van der Waals surface area contributed by atoms with E-state index in [4.69, 9.17) is 15.9 Å². The molecule has 2 rings (SSSR count). The lowest BCUT2D eigenvalue weighted by atomic mass is 10.1. The number of aliphatic hydroxyl groups excluding tert-OH is 1. The van der Waals surface area contributed by atoms with Gasteiger partial charge in [0.1, 0.15) is 6.61 Å². The lowest BCUT2D eigenvalue weighted by Gasteiger charge is -2.14. The molecule has 3 nitrogen and oxygen atoms in total. The maximum atomic E-state index is 9.95. The number of hydrogen-bond donors (Lipinski definition) is 1. The predicted octanol–water partition coefficient (Wildman–Crippen LogP) is 3.33. The van der Waals surface area contributed by atoms with Crippen LogP contribution in [0.4, 0.5) is 0 Å². The van der Waals surface area contributed by atoms with E-state index in [0.717, 1.165) is 11.1 Å². The van der Waals surface area contributed by atoms with Crippen molar-refractivity contribution < 1.29 is 14.6 Å². The van der Waals surface area contributed by atoms with Crippen molar-refractivity contribution in [3.63, 3.8) is 0 Å². The minimum Gasteiger partial charge on any atom is -0.493 e. The van der Waals surface area contributed by atoms with E-state index in [9.17, 15) is 5.11 Å². The zero-order valence-corrected chi connectivity index (χ0v) is 12.0. The predicted molar refractivity (Wildman–Crippen MR) is 82.2 cm³/mol. The highest BCUT2D eigenvalue weighted by atomic mass is 16.5. The molecule has 0 bridgehead atoms. The quantitative estimate of drug-likeness (QED) is 0.826. The van der Waals surface area contributed by atoms with Crippen molar-refractivity contribution in [1.29, 1.82) is 0 Å². The third-order valence-corrected chi connectivity index (χ3v) is 3.12. The summed E-state index contributed by atoms with van der Waals surface area (Å²) >= 11 is 0. The first-order valence-corrected chi connectivity index (χ1v) is 6.70. The minimum atomic E-state index is -0.694. The highest BCUT2D eigenvalue weighted by Gasteiger charge is 2.11. The highest BCUT2D eigenvalue weighted by Crippen LogP contribution is 2.31. The fourth-order valence-electron chi connectivity index (χ4n) is 1.98. The van der Waals surface area contributed by atoms with Crippen LogP contribution in [0.1, 0.15) is 23.7 Å². The standard InChI is InChI=1S/C18H18O3/c1-3-7-16(19)15-10-11-17(20-2)18(12-15)21-13-14-8-5-4-6-9-14/h1,4-6,8-12,16,19H,7,13H2,2H3/t16-/m1/s1. The van der Waals surface area contributed by atoms with Gasteiger partial charge in [-0.05, 0) is 23.3 Å². The summed E-state index contributed by atoms with van der Waals surface area (Å²) in [6.07, 6.45) is 4.80. The molecule has 108 valence electrons. The van der Waals surface area contributed by atoms with Gasteiger partial charge in [-0.15, -0.1) is 12.3 Å². The molecule has 0 amide bonds. The molecule has 2 aromatic carbocycles. The van der Waals surface area contributed by atoms with Gasteiger partial charge in [0.05, 0.1) is 13.2 Å². The van der Waals surface area contributed by atoms with Crippen molar-refractivity contribution in [2.75, 3.05) is 7.11 Å². The van der Waals surface area contributed by atoms with Crippen LogP contribution in [0, 0.1) is 12.3 Å². The lowest BCUT2D eigenvalue weighted by Crippen LogP contribution is -2.01. The molecule has 0 spiro atoms. The summed E-state index contributed by atoms with van der Waals surface area (Å²) in [6, 6.07) is 15.2. The van der Waals surface area contributed by atoms with Crippen molar-refractivity contribution in [2.45, 2.75) is 19.1 Å². The fraction of sp³-hybridized carbons (Fsp3) is 0.222. The van der Waals surface area contributed by atoms with Gasteiger partial charge in [-0.3, -0.25) is 0 Å². The van der Waals surface area contributed by atoms with Gasteiger partial charge in [-0.25, -0.2) is 0 Å². The number of aliphatic hydroxyl groups is 1. The van der Waals surface area contributed by atoms with E-state index in [1.807, 2.05) is 30.3 Å². The largest absolute Gasteiger partial charge is 0.493 e. The molecule has 0 aliphatic rings. The zero-order chi connectivity index (χ0) is 15.1. The Bertz CT molecular complexity index is 614. The third kappa shape index (κ3) is 4.01. The zero-order valence-electron chi connectivity index (χ0n) is 12.0. The lowest BCUT2D eigenvalue weighted by molar-refractivity contribution is 0.183. The summed E-state index contributed by atoms with van der Waals surface area (Å²) in [4.78, 5) is 0. The Morgan fingerprint density at radius 1 is 1.14 bits per heavy atom. The molecular weight excluding hydrogens is 264 g/mol. The van der Waals surface area contributed by atoms with Gasteiger partial charge in [-0.2, -0.15) is 0 Å². The number of rotatable bonds is 6. The first kappa shape index (κ1) is 15.0. The Labute approximate surface area is 125 Å². The Balaban J connectivity index is 2.16. The van der Waals surface area contributed by atoms with Gasteiger partial charge in [0.25, 0.3) is 0 Å². The van der Waals surface area contributed by atoms with Crippen molar-refractivity contribution >= 4 is 0 Å². The molecule has 1 N–H and O–H groups in total. The smallest absolute Gasteiger partial charge is 0.162 e. The van der Waals surface area contributed by atoms with Gasteiger partial charge < -0.3 is 14.6 Å². The average molecular weight is 282 g/mol. The maximum Gasteiger partial charge on any atom is 0.162 e. The van der Waals surface area contributed by atoms with E-state index in [1.165, 1.54) is 0 Å². The Morgan fingerprint density at radius 2 is 1.90 bits per heavy atom. The SMILES string of the molecule is C#CC[C@@H](O)c1ccc(OC)c(OCc2ccccc2)c1. The Kier molecular flexibility index (Phi) is 5.25. The number of methoxy groups -OCH3 is 1. The molecule has 0 aromatic heterocycles. The minimum absolute atomic E-state index is 0.268. The van der Waals surface area contributed by atoms with Gasteiger partial charge in [0, 0.05) is 6.42 Å². The van der Waals surface area contributed by atoms with E-state index < -0.39 is 6.10 Å². The van der Waals surface area contributed by atoms with E-state index in [0.29, 0.717) is 18.1 Å². The van der Waals surface area contributed by atoms with Crippen molar-refractivity contribution in [1.82, 2.24) is 0 Å². The van der Waals surface area contributed by atoms with Crippen molar-refractivity contribution in [2.24, 2.45) is 0 Å². The van der Waals surface area contributed by atoms with Gasteiger partial charge >= 0.3 is 0 Å². The molecule has 2 aromatic rings. The van der Waals surface area contributed by atoms with Crippen LogP contribution in [-0.2, 0) is 6.61 Å². The second-order valence-electron chi connectivity index (χ2n) is 4.61. The summed E-state index contributed by atoms with van der Waals surface area (Å²) in [5.41, 5.74) is 1.78. The molecule has 0 radical (unpaired) electrons. The third-order valence-electron chi connectivity index (χ3n) is 3.12. The average Bonchev–Trinajstić information content (AvgIpc) is 2.54. The molecule has 0 saturated heterocycles. The van der Waals surface area contributed by atoms with Gasteiger partial charge in [-0.1, -0.05) is 36.4 Å². The number of terminal acetylenes is 1. The van der Waals surface area contributed by atoms with Gasteiger partial charge in [0.15, 0.2) is 11.5 Å². The molecule has 1 atom stereocenters. The monoisotopic (exact) mass is 282 g/mol. The molecule has 0 unspecified atom stereocenters.